The number of nitrogens with two attached hydrogens (primary N) is 2. The molecule has 1 aromatic heterocycles. The zero-order valence-corrected chi connectivity index (χ0v) is 19.5. The van der Waals surface area contributed by atoms with Gasteiger partial charge < -0.3 is 42.6 Å². The largest absolute Gasteiger partial charge is 0.480 e. The van der Waals surface area contributed by atoms with E-state index in [1.54, 1.807) is 12.3 Å². The minimum absolute atomic E-state index is 0.0140. The summed E-state index contributed by atoms with van der Waals surface area (Å²) in [5.74, 6) is -5.01. The SMILES string of the molecule is NC(=O)CC(NC(=O)C(CO)NC(=O)C(Cc1c[nH]c2ccccc12)NC(=O)C(N)CS)C(=O)O. The Morgan fingerprint density at radius 3 is 2.17 bits per heavy atom. The number of H-pyrrole nitrogens is 1. The second-order valence-electron chi connectivity index (χ2n) is 7.73. The highest BCUT2D eigenvalue weighted by molar-refractivity contribution is 7.80. The molecule has 190 valence electrons. The number of rotatable bonds is 13. The number of benzene rings is 1. The van der Waals surface area contributed by atoms with Gasteiger partial charge in [0.15, 0.2) is 0 Å². The van der Waals surface area contributed by atoms with Gasteiger partial charge in [-0.2, -0.15) is 12.6 Å². The number of primary amides is 1. The molecule has 35 heavy (non-hydrogen) atoms. The van der Waals surface area contributed by atoms with Crippen molar-refractivity contribution in [1.29, 1.82) is 0 Å². The maximum Gasteiger partial charge on any atom is 0.326 e. The van der Waals surface area contributed by atoms with Crippen LogP contribution >= 0.6 is 12.6 Å². The zero-order chi connectivity index (χ0) is 26.1. The lowest BCUT2D eigenvalue weighted by Crippen LogP contribution is -2.58. The summed E-state index contributed by atoms with van der Waals surface area (Å²) < 4.78 is 0. The second kappa shape index (κ2) is 12.7. The van der Waals surface area contributed by atoms with Crippen molar-refractivity contribution in [2.75, 3.05) is 12.4 Å². The first kappa shape index (κ1) is 27.6. The van der Waals surface area contributed by atoms with Gasteiger partial charge in [0.1, 0.15) is 18.1 Å². The molecule has 2 rings (SSSR count). The molecule has 1 heterocycles. The molecule has 0 aliphatic carbocycles. The van der Waals surface area contributed by atoms with E-state index in [1.165, 1.54) is 0 Å². The molecule has 0 saturated heterocycles. The number of nitrogens with one attached hydrogen (secondary N) is 4. The van der Waals surface area contributed by atoms with Crippen molar-refractivity contribution >= 4 is 53.1 Å². The van der Waals surface area contributed by atoms with E-state index in [2.05, 4.69) is 28.2 Å². The number of aliphatic hydroxyl groups excluding tert-OH is 1. The molecule has 10 N–H and O–H groups in total. The van der Waals surface area contributed by atoms with Gasteiger partial charge in [-0.3, -0.25) is 19.2 Å². The highest BCUT2D eigenvalue weighted by Crippen LogP contribution is 2.19. The van der Waals surface area contributed by atoms with E-state index in [-0.39, 0.29) is 12.2 Å². The van der Waals surface area contributed by atoms with Crippen LogP contribution in [0.15, 0.2) is 30.5 Å². The standard InChI is InChI=1S/C21H28N6O7S/c22-12(9-35)18(30)25-14(5-10-7-24-13-4-2-1-3-11(10)13)19(31)27-16(8-28)20(32)26-15(21(33)34)6-17(23)29/h1-4,7,12,14-16,24,28,35H,5-6,8-9,22H2,(H2,23,29)(H,25,30)(H,26,32)(H,27,31)(H,33,34). The van der Waals surface area contributed by atoms with Crippen molar-refractivity contribution in [1.82, 2.24) is 20.9 Å². The molecule has 13 nitrogen and oxygen atoms in total. The van der Waals surface area contributed by atoms with Crippen LogP contribution in [-0.4, -0.2) is 81.3 Å². The molecule has 0 fully saturated rings. The van der Waals surface area contributed by atoms with Gasteiger partial charge in [0, 0.05) is 29.3 Å². The predicted octanol–water partition coefficient (Wildman–Crippen LogP) is -2.63. The third-order valence-corrected chi connectivity index (χ3v) is 5.49. The molecule has 0 aliphatic heterocycles. The molecular formula is C21H28N6O7S. The summed E-state index contributed by atoms with van der Waals surface area (Å²) in [6.07, 6.45) is 1.00. The van der Waals surface area contributed by atoms with Crippen LogP contribution in [0.1, 0.15) is 12.0 Å². The first-order valence-corrected chi connectivity index (χ1v) is 11.1. The summed E-state index contributed by atoms with van der Waals surface area (Å²) in [5, 5.41) is 26.5. The molecule has 0 bridgehead atoms. The van der Waals surface area contributed by atoms with E-state index in [9.17, 15) is 29.1 Å². The lowest BCUT2D eigenvalue weighted by Gasteiger charge is -2.24. The van der Waals surface area contributed by atoms with E-state index >= 15 is 0 Å². The van der Waals surface area contributed by atoms with E-state index in [1.807, 2.05) is 23.5 Å². The van der Waals surface area contributed by atoms with Crippen LogP contribution in [0.5, 0.6) is 0 Å². The van der Waals surface area contributed by atoms with Crippen LogP contribution < -0.4 is 27.4 Å². The minimum atomic E-state index is -1.65. The van der Waals surface area contributed by atoms with Crippen molar-refractivity contribution in [3.63, 3.8) is 0 Å². The van der Waals surface area contributed by atoms with E-state index in [0.717, 1.165) is 10.9 Å². The normalized spacial score (nSPS) is 14.4. The van der Waals surface area contributed by atoms with E-state index in [0.29, 0.717) is 5.56 Å². The number of carbonyl (C=O) groups excluding carboxylic acids is 4. The molecule has 1 aromatic carbocycles. The van der Waals surface area contributed by atoms with Crippen LogP contribution in [0.3, 0.4) is 0 Å². The lowest BCUT2D eigenvalue weighted by molar-refractivity contribution is -0.144. The number of hydrogen-bond acceptors (Lipinski definition) is 8. The number of fused-ring (bicyclic) bond motifs is 1. The first-order valence-electron chi connectivity index (χ1n) is 10.5. The summed E-state index contributed by atoms with van der Waals surface area (Å²) in [4.78, 5) is 63.3. The van der Waals surface area contributed by atoms with Crippen molar-refractivity contribution < 1.29 is 34.2 Å². The maximum atomic E-state index is 13.0. The Hall–Kier alpha value is -3.62. The third-order valence-electron chi connectivity index (χ3n) is 5.10. The Bertz CT molecular complexity index is 1090. The Balaban J connectivity index is 2.21. The van der Waals surface area contributed by atoms with Gasteiger partial charge in [0.05, 0.1) is 19.1 Å². The predicted molar refractivity (Wildman–Crippen MR) is 128 cm³/mol. The fourth-order valence-corrected chi connectivity index (χ4v) is 3.40. The van der Waals surface area contributed by atoms with Crippen LogP contribution in [-0.2, 0) is 30.4 Å². The highest BCUT2D eigenvalue weighted by atomic mass is 32.1. The summed E-state index contributed by atoms with van der Waals surface area (Å²) in [6, 6.07) is 1.87. The average molecular weight is 509 g/mol. The number of carboxylic acid groups (broad SMARTS) is 1. The quantitative estimate of drug-likeness (QED) is 0.130. The number of carbonyl (C=O) groups is 5. The van der Waals surface area contributed by atoms with Gasteiger partial charge in [-0.05, 0) is 11.6 Å². The third kappa shape index (κ3) is 7.70. The fourth-order valence-electron chi connectivity index (χ4n) is 3.23. The lowest BCUT2D eigenvalue weighted by atomic mass is 10.0. The van der Waals surface area contributed by atoms with Crippen molar-refractivity contribution in [2.45, 2.75) is 37.0 Å². The molecule has 0 saturated carbocycles. The Morgan fingerprint density at radius 2 is 1.57 bits per heavy atom. The smallest absolute Gasteiger partial charge is 0.326 e. The number of thiol groups is 1. The summed E-state index contributed by atoms with van der Waals surface area (Å²) in [6.45, 7) is -0.885. The molecule has 0 radical (unpaired) electrons. The molecule has 0 spiro atoms. The molecule has 4 unspecified atom stereocenters. The van der Waals surface area contributed by atoms with Crippen molar-refractivity contribution in [3.8, 4) is 0 Å². The van der Waals surface area contributed by atoms with E-state index in [4.69, 9.17) is 16.6 Å². The fraction of sp³-hybridized carbons (Fsp3) is 0.381. The molecule has 2 aromatic rings. The van der Waals surface area contributed by atoms with Gasteiger partial charge in [-0.1, -0.05) is 18.2 Å². The van der Waals surface area contributed by atoms with Gasteiger partial charge in [-0.25, -0.2) is 4.79 Å². The van der Waals surface area contributed by atoms with Crippen LogP contribution in [0.2, 0.25) is 0 Å². The summed E-state index contributed by atoms with van der Waals surface area (Å²) in [5.41, 5.74) is 12.2. The number of para-hydroxylation sites is 1. The number of aromatic nitrogens is 1. The monoisotopic (exact) mass is 508 g/mol. The van der Waals surface area contributed by atoms with Crippen LogP contribution in [0.25, 0.3) is 10.9 Å². The number of amides is 4. The highest BCUT2D eigenvalue weighted by Gasteiger charge is 2.31. The Morgan fingerprint density at radius 1 is 0.971 bits per heavy atom. The average Bonchev–Trinajstić information content (AvgIpc) is 3.23. The topological polar surface area (TPSA) is 230 Å². The van der Waals surface area contributed by atoms with Gasteiger partial charge in [-0.15, -0.1) is 0 Å². The first-order chi connectivity index (χ1) is 16.6. The summed E-state index contributed by atoms with van der Waals surface area (Å²) in [7, 11) is 0. The van der Waals surface area contributed by atoms with Crippen molar-refractivity contribution in [3.05, 3.63) is 36.0 Å². The summed E-state index contributed by atoms with van der Waals surface area (Å²) >= 11 is 3.98. The van der Waals surface area contributed by atoms with Gasteiger partial charge >= 0.3 is 5.97 Å². The molecule has 0 aliphatic rings. The van der Waals surface area contributed by atoms with E-state index < -0.39 is 66.8 Å². The van der Waals surface area contributed by atoms with Gasteiger partial charge in [0.25, 0.3) is 0 Å². The van der Waals surface area contributed by atoms with Crippen molar-refractivity contribution in [2.24, 2.45) is 11.5 Å². The second-order valence-corrected chi connectivity index (χ2v) is 8.09. The number of hydrogen-bond donors (Lipinski definition) is 9. The van der Waals surface area contributed by atoms with Crippen LogP contribution in [0, 0.1) is 0 Å². The number of carboxylic acids is 1. The molecule has 14 heteroatoms. The Kier molecular flexibility index (Phi) is 10.1. The number of aliphatic carboxylic acids is 1. The maximum absolute atomic E-state index is 13.0. The number of aromatic amines is 1. The van der Waals surface area contributed by atoms with Crippen LogP contribution in [0.4, 0.5) is 0 Å². The molecule has 4 amide bonds. The minimum Gasteiger partial charge on any atom is -0.480 e. The van der Waals surface area contributed by atoms with Gasteiger partial charge in [0.2, 0.25) is 23.6 Å². The zero-order valence-electron chi connectivity index (χ0n) is 18.6. The number of aliphatic hydroxyl groups is 1. The molecule has 4 atom stereocenters. The molecular weight excluding hydrogens is 480 g/mol. The Labute approximate surface area is 205 Å².